The summed E-state index contributed by atoms with van der Waals surface area (Å²) in [6.07, 6.45) is 2.88. The van der Waals surface area contributed by atoms with Crippen LogP contribution in [0.5, 0.6) is 0 Å². The second-order valence-corrected chi connectivity index (χ2v) is 7.33. The Morgan fingerprint density at radius 2 is 2.07 bits per heavy atom. The maximum Gasteiger partial charge on any atom is 0.288 e. The quantitative estimate of drug-likeness (QED) is 0.237. The Balaban J connectivity index is 2.04. The Labute approximate surface area is 174 Å². The molecule has 0 unspecified atom stereocenters. The number of fused-ring (bicyclic) bond motifs is 1. The number of anilines is 2. The van der Waals surface area contributed by atoms with E-state index in [0.29, 0.717) is 28.0 Å². The Morgan fingerprint density at radius 3 is 2.72 bits per heavy atom. The van der Waals surface area contributed by atoms with Crippen LogP contribution in [0.15, 0.2) is 57.4 Å². The molecule has 7 nitrogen and oxygen atoms in total. The van der Waals surface area contributed by atoms with E-state index >= 15 is 0 Å². The highest BCUT2D eigenvalue weighted by Gasteiger charge is 2.13. The fourth-order valence-corrected chi connectivity index (χ4v) is 3.09. The zero-order valence-electron chi connectivity index (χ0n) is 15.1. The average molecular weight is 434 g/mol. The van der Waals surface area contributed by atoms with E-state index in [2.05, 4.69) is 20.8 Å². The normalized spacial score (nSPS) is 11.3. The van der Waals surface area contributed by atoms with Gasteiger partial charge in [0.1, 0.15) is 17.0 Å². The second kappa shape index (κ2) is 8.97. The van der Waals surface area contributed by atoms with E-state index in [9.17, 15) is 13.6 Å². The van der Waals surface area contributed by atoms with Crippen LogP contribution in [-0.4, -0.2) is 26.5 Å². The molecule has 0 spiro atoms. The number of pyridine rings is 1. The summed E-state index contributed by atoms with van der Waals surface area (Å²) >= 11 is 5.15. The zero-order chi connectivity index (χ0) is 21.0. The van der Waals surface area contributed by atoms with E-state index in [-0.39, 0.29) is 22.1 Å². The summed E-state index contributed by atoms with van der Waals surface area (Å²) in [5.74, 6) is -2.24. The molecular formula is C18H16F2N6OS2. The molecule has 4 N–H and O–H groups in total. The minimum Gasteiger partial charge on any atom is -0.375 e. The number of aromatic nitrogens is 2. The van der Waals surface area contributed by atoms with E-state index in [4.69, 9.17) is 18.0 Å². The standard InChI is InChI=1S/C18H16F2N6OS2/c1-10-3-2-8-26-15(10)24-14(13(16(26)27)9-22-25-18(21)28)23-11-4-6-12(7-5-11)29-17(19)20/h2-9,17,23H,1H3,(H3,21,25,28). The fourth-order valence-electron chi connectivity index (χ4n) is 2.54. The molecule has 3 rings (SSSR count). The van der Waals surface area contributed by atoms with Crippen LogP contribution in [0.2, 0.25) is 0 Å². The van der Waals surface area contributed by atoms with Gasteiger partial charge in [-0.05, 0) is 55.0 Å². The second-order valence-electron chi connectivity index (χ2n) is 5.83. The molecule has 0 bridgehead atoms. The molecule has 1 aromatic carbocycles. The highest BCUT2D eigenvalue weighted by atomic mass is 32.2. The highest BCUT2D eigenvalue weighted by Crippen LogP contribution is 2.27. The average Bonchev–Trinajstić information content (AvgIpc) is 2.66. The van der Waals surface area contributed by atoms with Gasteiger partial charge < -0.3 is 11.1 Å². The van der Waals surface area contributed by atoms with Gasteiger partial charge in [0, 0.05) is 16.8 Å². The lowest BCUT2D eigenvalue weighted by atomic mass is 10.2. The molecular weight excluding hydrogens is 418 g/mol. The van der Waals surface area contributed by atoms with E-state index in [1.165, 1.54) is 10.6 Å². The van der Waals surface area contributed by atoms with E-state index < -0.39 is 5.76 Å². The highest BCUT2D eigenvalue weighted by molar-refractivity contribution is 7.99. The van der Waals surface area contributed by atoms with Crippen molar-refractivity contribution in [2.75, 3.05) is 5.32 Å². The minimum absolute atomic E-state index is 0.0485. The Kier molecular flexibility index (Phi) is 6.39. The number of thioether (sulfide) groups is 1. The lowest BCUT2D eigenvalue weighted by Crippen LogP contribution is -2.26. The van der Waals surface area contributed by atoms with Crippen LogP contribution in [-0.2, 0) is 0 Å². The Bertz CT molecular complexity index is 1130. The molecule has 0 amide bonds. The minimum atomic E-state index is -2.50. The monoisotopic (exact) mass is 434 g/mol. The van der Waals surface area contributed by atoms with Crippen LogP contribution in [0.1, 0.15) is 11.1 Å². The van der Waals surface area contributed by atoms with Crippen molar-refractivity contribution in [1.82, 2.24) is 14.8 Å². The number of rotatable bonds is 6. The number of hydrogen-bond donors (Lipinski definition) is 3. The first-order chi connectivity index (χ1) is 13.8. The predicted octanol–water partition coefficient (Wildman–Crippen LogP) is 3.23. The number of hydrogen-bond acceptors (Lipinski definition) is 6. The number of hydrazone groups is 1. The van der Waals surface area contributed by atoms with Gasteiger partial charge in [-0.25, -0.2) is 4.98 Å². The molecule has 11 heteroatoms. The summed E-state index contributed by atoms with van der Waals surface area (Å²) in [4.78, 5) is 17.9. The van der Waals surface area contributed by atoms with Crippen LogP contribution < -0.4 is 22.0 Å². The first kappa shape index (κ1) is 20.7. The van der Waals surface area contributed by atoms with Gasteiger partial charge in [-0.2, -0.15) is 13.9 Å². The van der Waals surface area contributed by atoms with Gasteiger partial charge in [-0.3, -0.25) is 14.6 Å². The van der Waals surface area contributed by atoms with Crippen LogP contribution in [0.25, 0.3) is 5.65 Å². The third kappa shape index (κ3) is 5.06. The molecule has 2 heterocycles. The maximum absolute atomic E-state index is 13.0. The number of nitrogens with zero attached hydrogens (tertiary/aromatic N) is 3. The van der Waals surface area contributed by atoms with Crippen molar-refractivity contribution in [2.45, 2.75) is 17.6 Å². The molecule has 0 radical (unpaired) electrons. The third-order valence-corrected chi connectivity index (χ3v) is 4.61. The van der Waals surface area contributed by atoms with Crippen molar-refractivity contribution < 1.29 is 8.78 Å². The summed E-state index contributed by atoms with van der Waals surface area (Å²) in [5.41, 5.74) is 9.43. The van der Waals surface area contributed by atoms with Gasteiger partial charge in [0.15, 0.2) is 5.11 Å². The molecule has 0 atom stereocenters. The topological polar surface area (TPSA) is 96.8 Å². The first-order valence-electron chi connectivity index (χ1n) is 8.27. The van der Waals surface area contributed by atoms with E-state index in [1.54, 1.807) is 36.5 Å². The molecule has 0 saturated heterocycles. The number of aryl methyl sites for hydroxylation is 1. The van der Waals surface area contributed by atoms with Crippen LogP contribution in [0.3, 0.4) is 0 Å². The van der Waals surface area contributed by atoms with E-state index in [1.807, 2.05) is 13.0 Å². The number of nitrogens with one attached hydrogen (secondary N) is 2. The summed E-state index contributed by atoms with van der Waals surface area (Å²) in [7, 11) is 0. The summed E-state index contributed by atoms with van der Waals surface area (Å²) in [5, 5.41) is 6.86. The van der Waals surface area contributed by atoms with Crippen LogP contribution in [0.4, 0.5) is 20.3 Å². The molecule has 0 aliphatic heterocycles. The molecule has 150 valence electrons. The lowest BCUT2D eigenvalue weighted by Gasteiger charge is -2.12. The van der Waals surface area contributed by atoms with Gasteiger partial charge in [0.2, 0.25) is 0 Å². The van der Waals surface area contributed by atoms with Gasteiger partial charge in [0.25, 0.3) is 11.3 Å². The largest absolute Gasteiger partial charge is 0.375 e. The molecule has 29 heavy (non-hydrogen) atoms. The third-order valence-electron chi connectivity index (χ3n) is 3.79. The number of alkyl halides is 2. The molecule has 0 aliphatic carbocycles. The summed E-state index contributed by atoms with van der Waals surface area (Å²) in [6, 6.07) is 9.94. The van der Waals surface area contributed by atoms with Crippen molar-refractivity contribution in [3.05, 3.63) is 64.1 Å². The Hall–Kier alpha value is -3.05. The summed E-state index contributed by atoms with van der Waals surface area (Å²) < 4.78 is 26.4. The van der Waals surface area contributed by atoms with Crippen molar-refractivity contribution in [2.24, 2.45) is 10.8 Å². The van der Waals surface area contributed by atoms with Gasteiger partial charge in [-0.15, -0.1) is 0 Å². The zero-order valence-corrected chi connectivity index (χ0v) is 16.7. The molecule has 2 aromatic heterocycles. The fraction of sp³-hybridized carbons (Fsp3) is 0.111. The number of nitrogens with two attached hydrogens (primary N) is 1. The number of thiocarbonyl (C=S) groups is 1. The molecule has 0 saturated carbocycles. The van der Waals surface area contributed by atoms with Gasteiger partial charge >= 0.3 is 0 Å². The van der Waals surface area contributed by atoms with Gasteiger partial charge in [0.05, 0.1) is 6.21 Å². The number of halogens is 2. The van der Waals surface area contributed by atoms with Gasteiger partial charge in [-0.1, -0.05) is 17.8 Å². The SMILES string of the molecule is Cc1cccn2c(=O)c(C=NNC(N)=S)c(Nc3ccc(SC(F)F)cc3)nc12. The predicted molar refractivity (Wildman–Crippen MR) is 115 cm³/mol. The first-order valence-corrected chi connectivity index (χ1v) is 9.56. The van der Waals surface area contributed by atoms with E-state index in [0.717, 1.165) is 5.56 Å². The lowest BCUT2D eigenvalue weighted by molar-refractivity contribution is 0.252. The van der Waals surface area contributed by atoms with Crippen molar-refractivity contribution in [3.8, 4) is 0 Å². The van der Waals surface area contributed by atoms with Crippen molar-refractivity contribution >= 4 is 52.5 Å². The number of benzene rings is 1. The van der Waals surface area contributed by atoms with Crippen molar-refractivity contribution in [1.29, 1.82) is 0 Å². The molecule has 0 aliphatic rings. The maximum atomic E-state index is 13.0. The van der Waals surface area contributed by atoms with Crippen LogP contribution >= 0.6 is 24.0 Å². The van der Waals surface area contributed by atoms with Crippen LogP contribution in [0, 0.1) is 6.92 Å². The summed E-state index contributed by atoms with van der Waals surface area (Å²) in [6.45, 7) is 1.84. The Morgan fingerprint density at radius 1 is 1.34 bits per heavy atom. The molecule has 3 aromatic rings. The smallest absolute Gasteiger partial charge is 0.288 e. The molecule has 0 fully saturated rings. The van der Waals surface area contributed by atoms with Crippen molar-refractivity contribution in [3.63, 3.8) is 0 Å².